The van der Waals surface area contributed by atoms with Crippen LogP contribution in [-0.4, -0.2) is 18.7 Å². The van der Waals surface area contributed by atoms with E-state index < -0.39 is 5.97 Å². The molecular weight excluding hydrogens is 170 g/mol. The van der Waals surface area contributed by atoms with Gasteiger partial charge in [-0.3, -0.25) is 0 Å². The van der Waals surface area contributed by atoms with Gasteiger partial charge in [-0.1, -0.05) is 0 Å². The van der Waals surface area contributed by atoms with Crippen LogP contribution >= 0.6 is 0 Å². The predicted molar refractivity (Wildman–Crippen MR) is 46.6 cm³/mol. The summed E-state index contributed by atoms with van der Waals surface area (Å²) in [5.74, 6) is -0.648. The fourth-order valence-corrected chi connectivity index (χ4v) is 0.533. The van der Waals surface area contributed by atoms with Crippen molar-refractivity contribution in [3.63, 3.8) is 0 Å². The summed E-state index contributed by atoms with van der Waals surface area (Å²) in [6.07, 6.45) is 1.07. The Labute approximate surface area is 77.8 Å². The average molecular weight is 183 g/mol. The van der Waals surface area contributed by atoms with Crippen molar-refractivity contribution in [1.29, 1.82) is 5.26 Å². The maximum absolute atomic E-state index is 11.0. The lowest BCUT2D eigenvalue weighted by Gasteiger charge is -2.04. The second-order valence-electron chi connectivity index (χ2n) is 2.55. The third-order valence-corrected chi connectivity index (χ3v) is 1.07. The summed E-state index contributed by atoms with van der Waals surface area (Å²) in [4.78, 5) is 11.0. The van der Waals surface area contributed by atoms with Crippen molar-refractivity contribution in [2.45, 2.75) is 26.9 Å². The molecule has 0 aromatic carbocycles. The quantitative estimate of drug-likeness (QED) is 0.286. The van der Waals surface area contributed by atoms with Crippen molar-refractivity contribution in [3.05, 3.63) is 11.8 Å². The van der Waals surface area contributed by atoms with Crippen LogP contribution in [0.4, 0.5) is 0 Å². The molecule has 0 aliphatic heterocycles. The zero-order valence-electron chi connectivity index (χ0n) is 8.03. The number of esters is 1. The van der Waals surface area contributed by atoms with Crippen molar-refractivity contribution in [2.24, 2.45) is 0 Å². The zero-order chi connectivity index (χ0) is 10.3. The normalized spacial score (nSPS) is 10.8. The molecule has 0 rings (SSSR count). The second kappa shape index (κ2) is 6.06. The van der Waals surface area contributed by atoms with Gasteiger partial charge in [0, 0.05) is 0 Å². The Morgan fingerprint density at radius 3 is 2.62 bits per heavy atom. The number of hydrogen-bond acceptors (Lipinski definition) is 4. The second-order valence-corrected chi connectivity index (χ2v) is 2.55. The third kappa shape index (κ3) is 4.86. The molecule has 0 aromatic rings. The van der Waals surface area contributed by atoms with E-state index in [1.54, 1.807) is 26.8 Å². The van der Waals surface area contributed by atoms with Crippen LogP contribution in [0.5, 0.6) is 0 Å². The summed E-state index contributed by atoms with van der Waals surface area (Å²) in [5.41, 5.74) is -0.115. The summed E-state index contributed by atoms with van der Waals surface area (Å²) in [6.45, 7) is 5.53. The molecule has 0 saturated heterocycles. The standard InChI is InChI=1S/C9H13NO3/c1-4-12-9(11)8(5-10)6-13-7(2)3/h6-7H,4H2,1-3H3/b8-6+. The molecule has 0 aromatic heterocycles. The summed E-state index contributed by atoms with van der Waals surface area (Å²) in [5, 5.41) is 8.54. The van der Waals surface area contributed by atoms with Crippen molar-refractivity contribution >= 4 is 5.97 Å². The molecule has 0 aliphatic carbocycles. The molecule has 0 N–H and O–H groups in total. The van der Waals surface area contributed by atoms with Gasteiger partial charge in [0.05, 0.1) is 12.7 Å². The van der Waals surface area contributed by atoms with Crippen molar-refractivity contribution in [2.75, 3.05) is 6.61 Å². The highest BCUT2D eigenvalue weighted by atomic mass is 16.5. The van der Waals surface area contributed by atoms with Crippen molar-refractivity contribution < 1.29 is 14.3 Å². The highest BCUT2D eigenvalue weighted by molar-refractivity contribution is 5.92. The minimum Gasteiger partial charge on any atom is -0.497 e. The molecule has 0 aliphatic rings. The van der Waals surface area contributed by atoms with Gasteiger partial charge in [0.2, 0.25) is 0 Å². The van der Waals surface area contributed by atoms with Gasteiger partial charge in [-0.15, -0.1) is 0 Å². The smallest absolute Gasteiger partial charge is 0.352 e. The van der Waals surface area contributed by atoms with Gasteiger partial charge < -0.3 is 9.47 Å². The van der Waals surface area contributed by atoms with Crippen LogP contribution in [0.1, 0.15) is 20.8 Å². The summed E-state index contributed by atoms with van der Waals surface area (Å²) in [7, 11) is 0. The molecule has 4 heteroatoms. The molecule has 0 atom stereocenters. The Bertz CT molecular complexity index is 238. The molecule has 0 heterocycles. The van der Waals surface area contributed by atoms with Crippen molar-refractivity contribution in [1.82, 2.24) is 0 Å². The van der Waals surface area contributed by atoms with E-state index in [0.29, 0.717) is 0 Å². The van der Waals surface area contributed by atoms with Crippen LogP contribution in [0, 0.1) is 11.3 Å². The highest BCUT2D eigenvalue weighted by Gasteiger charge is 2.09. The van der Waals surface area contributed by atoms with Crippen LogP contribution in [0.15, 0.2) is 11.8 Å². The maximum atomic E-state index is 11.0. The van der Waals surface area contributed by atoms with E-state index in [1.165, 1.54) is 0 Å². The van der Waals surface area contributed by atoms with E-state index in [4.69, 9.17) is 10.00 Å². The first kappa shape index (κ1) is 11.5. The van der Waals surface area contributed by atoms with Crippen LogP contribution in [0.3, 0.4) is 0 Å². The van der Waals surface area contributed by atoms with E-state index >= 15 is 0 Å². The molecule has 0 saturated carbocycles. The molecule has 0 amide bonds. The fourth-order valence-electron chi connectivity index (χ4n) is 0.533. The predicted octanol–water partition coefficient (Wildman–Crippen LogP) is 1.38. The molecule has 72 valence electrons. The number of rotatable bonds is 4. The zero-order valence-corrected chi connectivity index (χ0v) is 8.03. The first-order valence-electron chi connectivity index (χ1n) is 4.04. The number of carbonyl (C=O) groups is 1. The summed E-state index contributed by atoms with van der Waals surface area (Å²) < 4.78 is 9.59. The van der Waals surface area contributed by atoms with Gasteiger partial charge in [-0.05, 0) is 20.8 Å². The lowest BCUT2D eigenvalue weighted by atomic mass is 10.3. The molecule has 0 bridgehead atoms. The Morgan fingerprint density at radius 1 is 1.62 bits per heavy atom. The lowest BCUT2D eigenvalue weighted by molar-refractivity contribution is -0.138. The molecule has 0 spiro atoms. The maximum Gasteiger partial charge on any atom is 0.352 e. The Hall–Kier alpha value is -1.50. The molecular formula is C9H13NO3. The van der Waals surface area contributed by atoms with Gasteiger partial charge in [-0.2, -0.15) is 5.26 Å². The van der Waals surface area contributed by atoms with Gasteiger partial charge in [-0.25, -0.2) is 4.79 Å². The van der Waals surface area contributed by atoms with E-state index in [9.17, 15) is 4.79 Å². The van der Waals surface area contributed by atoms with Gasteiger partial charge >= 0.3 is 5.97 Å². The van der Waals surface area contributed by atoms with Crippen LogP contribution in [0.2, 0.25) is 0 Å². The SMILES string of the molecule is CCOC(=O)/C(C#N)=C/OC(C)C. The van der Waals surface area contributed by atoms with E-state index in [1.807, 2.05) is 0 Å². The van der Waals surface area contributed by atoms with Gasteiger partial charge in [0.1, 0.15) is 12.3 Å². The van der Waals surface area contributed by atoms with Gasteiger partial charge in [0.25, 0.3) is 0 Å². The minimum atomic E-state index is -0.648. The number of nitriles is 1. The number of carbonyl (C=O) groups excluding carboxylic acids is 1. The summed E-state index contributed by atoms with van der Waals surface area (Å²) in [6, 6.07) is 1.70. The third-order valence-electron chi connectivity index (χ3n) is 1.07. The fraction of sp³-hybridized carbons (Fsp3) is 0.556. The molecule has 13 heavy (non-hydrogen) atoms. The minimum absolute atomic E-state index is 0.0576. The monoisotopic (exact) mass is 183 g/mol. The highest BCUT2D eigenvalue weighted by Crippen LogP contribution is 1.99. The van der Waals surface area contributed by atoms with Crippen LogP contribution < -0.4 is 0 Å². The number of ether oxygens (including phenoxy) is 2. The van der Waals surface area contributed by atoms with Crippen LogP contribution in [-0.2, 0) is 14.3 Å². The first-order valence-corrected chi connectivity index (χ1v) is 4.04. The van der Waals surface area contributed by atoms with E-state index in [-0.39, 0.29) is 18.3 Å². The van der Waals surface area contributed by atoms with Crippen LogP contribution in [0.25, 0.3) is 0 Å². The topological polar surface area (TPSA) is 59.3 Å². The average Bonchev–Trinajstić information content (AvgIpc) is 2.05. The Balaban J connectivity index is 4.26. The summed E-state index contributed by atoms with van der Waals surface area (Å²) >= 11 is 0. The van der Waals surface area contributed by atoms with Gasteiger partial charge in [0.15, 0.2) is 5.57 Å². The Morgan fingerprint density at radius 2 is 2.23 bits per heavy atom. The number of nitrogens with zero attached hydrogens (tertiary/aromatic N) is 1. The van der Waals surface area contributed by atoms with Crippen molar-refractivity contribution in [3.8, 4) is 6.07 Å². The molecule has 0 radical (unpaired) electrons. The van der Waals surface area contributed by atoms with E-state index in [0.717, 1.165) is 6.26 Å². The lowest BCUT2D eigenvalue weighted by Crippen LogP contribution is -2.08. The molecule has 4 nitrogen and oxygen atoms in total. The Kier molecular flexibility index (Phi) is 5.37. The molecule has 0 fully saturated rings. The largest absolute Gasteiger partial charge is 0.497 e. The van der Waals surface area contributed by atoms with E-state index in [2.05, 4.69) is 4.74 Å². The first-order chi connectivity index (χ1) is 6.11. The molecule has 0 unspecified atom stereocenters. The number of hydrogen-bond donors (Lipinski definition) is 0.